The van der Waals surface area contributed by atoms with Crippen molar-refractivity contribution in [2.45, 2.75) is 6.92 Å². The highest BCUT2D eigenvalue weighted by Crippen LogP contribution is 2.28. The summed E-state index contributed by atoms with van der Waals surface area (Å²) in [5.74, 6) is 0.746. The average molecular weight is 322 g/mol. The summed E-state index contributed by atoms with van der Waals surface area (Å²) in [6, 6.07) is 8.15. The molecule has 3 aromatic heterocycles. The van der Waals surface area contributed by atoms with E-state index in [2.05, 4.69) is 42.9 Å². The minimum atomic E-state index is 0.746. The Morgan fingerprint density at radius 1 is 1.22 bits per heavy atom. The predicted molar refractivity (Wildman–Crippen MR) is 91.9 cm³/mol. The highest BCUT2D eigenvalue weighted by atomic mass is 32.1. The largest absolute Gasteiger partial charge is 0.339 e. The summed E-state index contributed by atoms with van der Waals surface area (Å²) in [7, 11) is 1.87. The topological polar surface area (TPSA) is 68.5 Å². The van der Waals surface area contributed by atoms with Crippen molar-refractivity contribution in [3.8, 4) is 10.6 Å². The van der Waals surface area contributed by atoms with Gasteiger partial charge in [0.15, 0.2) is 5.65 Å². The second-order valence-electron chi connectivity index (χ2n) is 5.23. The first-order valence-corrected chi connectivity index (χ1v) is 8.01. The molecule has 4 aromatic rings. The molecule has 4 rings (SSSR count). The molecule has 0 bridgehead atoms. The van der Waals surface area contributed by atoms with E-state index in [1.165, 1.54) is 0 Å². The van der Waals surface area contributed by atoms with E-state index >= 15 is 0 Å². The Labute approximate surface area is 136 Å². The van der Waals surface area contributed by atoms with Crippen LogP contribution in [0.15, 0.2) is 42.2 Å². The van der Waals surface area contributed by atoms with Crippen molar-refractivity contribution in [3.05, 3.63) is 47.9 Å². The highest BCUT2D eigenvalue weighted by molar-refractivity contribution is 7.13. The Hall–Kier alpha value is -2.80. The summed E-state index contributed by atoms with van der Waals surface area (Å²) in [4.78, 5) is 13.1. The van der Waals surface area contributed by atoms with Gasteiger partial charge in [-0.1, -0.05) is 12.1 Å². The van der Waals surface area contributed by atoms with E-state index in [1.54, 1.807) is 28.5 Å². The van der Waals surface area contributed by atoms with Crippen molar-refractivity contribution in [3.63, 3.8) is 0 Å². The fourth-order valence-corrected chi connectivity index (χ4v) is 3.21. The van der Waals surface area contributed by atoms with Crippen molar-refractivity contribution in [1.29, 1.82) is 0 Å². The molecule has 0 atom stereocenters. The number of aryl methyl sites for hydroxylation is 2. The number of nitrogens with zero attached hydrogens (tertiary/aromatic N) is 5. The van der Waals surface area contributed by atoms with Gasteiger partial charge in [-0.25, -0.2) is 15.0 Å². The van der Waals surface area contributed by atoms with Crippen LogP contribution < -0.4 is 5.32 Å². The molecule has 0 saturated carbocycles. The molecule has 23 heavy (non-hydrogen) atoms. The smallest absolute Gasteiger partial charge is 0.163 e. The SMILES string of the molecule is Cc1csc(-c2cccc(Nc3ncnc4c3cnn4C)c2)n1. The van der Waals surface area contributed by atoms with Crippen LogP contribution >= 0.6 is 11.3 Å². The molecule has 0 radical (unpaired) electrons. The first-order chi connectivity index (χ1) is 11.2. The van der Waals surface area contributed by atoms with Gasteiger partial charge in [-0.2, -0.15) is 5.10 Å². The normalized spacial score (nSPS) is 11.0. The molecular formula is C16H14N6S. The zero-order valence-corrected chi connectivity index (χ0v) is 13.5. The second kappa shape index (κ2) is 5.44. The first kappa shape index (κ1) is 13.8. The second-order valence-corrected chi connectivity index (χ2v) is 6.09. The number of thiazole rings is 1. The molecule has 0 unspecified atom stereocenters. The minimum Gasteiger partial charge on any atom is -0.339 e. The number of benzene rings is 1. The van der Waals surface area contributed by atoms with Crippen molar-refractivity contribution in [1.82, 2.24) is 24.7 Å². The Kier molecular flexibility index (Phi) is 3.27. The van der Waals surface area contributed by atoms with E-state index in [9.17, 15) is 0 Å². The van der Waals surface area contributed by atoms with Crippen LogP contribution in [0.2, 0.25) is 0 Å². The lowest BCUT2D eigenvalue weighted by molar-refractivity contribution is 0.785. The van der Waals surface area contributed by atoms with Crippen molar-refractivity contribution in [2.75, 3.05) is 5.32 Å². The maximum absolute atomic E-state index is 4.53. The monoisotopic (exact) mass is 322 g/mol. The first-order valence-electron chi connectivity index (χ1n) is 7.13. The van der Waals surface area contributed by atoms with Gasteiger partial charge in [-0.3, -0.25) is 4.68 Å². The van der Waals surface area contributed by atoms with Gasteiger partial charge < -0.3 is 5.32 Å². The Bertz CT molecular complexity index is 987. The summed E-state index contributed by atoms with van der Waals surface area (Å²) >= 11 is 1.65. The van der Waals surface area contributed by atoms with Crippen LogP contribution in [0, 0.1) is 6.92 Å². The van der Waals surface area contributed by atoms with Crippen molar-refractivity contribution >= 4 is 33.9 Å². The Morgan fingerprint density at radius 3 is 2.96 bits per heavy atom. The van der Waals surface area contributed by atoms with E-state index in [4.69, 9.17) is 0 Å². The lowest BCUT2D eigenvalue weighted by atomic mass is 10.2. The Morgan fingerprint density at radius 2 is 2.13 bits per heavy atom. The van der Waals surface area contributed by atoms with Crippen LogP contribution in [0.25, 0.3) is 21.6 Å². The summed E-state index contributed by atoms with van der Waals surface area (Å²) in [6.07, 6.45) is 3.31. The Balaban J connectivity index is 1.71. The van der Waals surface area contributed by atoms with Gasteiger partial charge in [0.25, 0.3) is 0 Å². The van der Waals surface area contributed by atoms with Gasteiger partial charge in [0.1, 0.15) is 17.2 Å². The fraction of sp³-hybridized carbons (Fsp3) is 0.125. The van der Waals surface area contributed by atoms with Gasteiger partial charge in [0.05, 0.1) is 11.6 Å². The maximum Gasteiger partial charge on any atom is 0.163 e. The number of hydrogen-bond donors (Lipinski definition) is 1. The van der Waals surface area contributed by atoms with Crippen molar-refractivity contribution in [2.24, 2.45) is 7.05 Å². The fourth-order valence-electron chi connectivity index (χ4n) is 2.41. The molecule has 0 saturated heterocycles. The number of rotatable bonds is 3. The van der Waals surface area contributed by atoms with Crippen LogP contribution in [-0.2, 0) is 7.05 Å². The molecule has 0 spiro atoms. The molecule has 6 nitrogen and oxygen atoms in total. The van der Waals surface area contributed by atoms with Crippen LogP contribution in [0.1, 0.15) is 5.69 Å². The third-order valence-electron chi connectivity index (χ3n) is 3.52. The standard InChI is InChI=1S/C16H14N6S/c1-10-8-23-16(20-10)11-4-3-5-12(6-11)21-14-13-7-19-22(2)15(13)18-9-17-14/h3-9H,1-2H3,(H,17,18,21). The van der Waals surface area contributed by atoms with Crippen LogP contribution in [-0.4, -0.2) is 24.7 Å². The lowest BCUT2D eigenvalue weighted by Crippen LogP contribution is -1.97. The molecule has 0 fully saturated rings. The lowest BCUT2D eigenvalue weighted by Gasteiger charge is -2.07. The van der Waals surface area contributed by atoms with Crippen LogP contribution in [0.5, 0.6) is 0 Å². The maximum atomic E-state index is 4.53. The van der Waals surface area contributed by atoms with Gasteiger partial charge in [0.2, 0.25) is 0 Å². The summed E-state index contributed by atoms with van der Waals surface area (Å²) < 4.78 is 1.73. The summed E-state index contributed by atoms with van der Waals surface area (Å²) in [6.45, 7) is 2.00. The molecule has 7 heteroatoms. The van der Waals surface area contributed by atoms with Gasteiger partial charge in [-0.15, -0.1) is 11.3 Å². The van der Waals surface area contributed by atoms with Gasteiger partial charge >= 0.3 is 0 Å². The molecular weight excluding hydrogens is 308 g/mol. The molecule has 0 aliphatic heterocycles. The molecule has 1 aromatic carbocycles. The number of fused-ring (bicyclic) bond motifs is 1. The number of anilines is 2. The molecule has 114 valence electrons. The zero-order chi connectivity index (χ0) is 15.8. The number of aromatic nitrogens is 5. The quantitative estimate of drug-likeness (QED) is 0.625. The third kappa shape index (κ3) is 2.55. The molecule has 3 heterocycles. The minimum absolute atomic E-state index is 0.746. The van der Waals surface area contributed by atoms with E-state index in [0.29, 0.717) is 0 Å². The summed E-state index contributed by atoms with van der Waals surface area (Å²) in [5, 5.41) is 11.5. The summed E-state index contributed by atoms with van der Waals surface area (Å²) in [5.41, 5.74) is 3.88. The van der Waals surface area contributed by atoms with E-state index in [-0.39, 0.29) is 0 Å². The number of hydrogen-bond acceptors (Lipinski definition) is 6. The number of nitrogens with one attached hydrogen (secondary N) is 1. The van der Waals surface area contributed by atoms with Crippen molar-refractivity contribution < 1.29 is 0 Å². The van der Waals surface area contributed by atoms with Crippen LogP contribution in [0.4, 0.5) is 11.5 Å². The van der Waals surface area contributed by atoms with Gasteiger partial charge in [-0.05, 0) is 19.1 Å². The van der Waals surface area contributed by atoms with E-state index in [1.807, 2.05) is 26.1 Å². The molecule has 0 amide bonds. The molecule has 0 aliphatic carbocycles. The highest BCUT2D eigenvalue weighted by Gasteiger charge is 2.09. The van der Waals surface area contributed by atoms with E-state index in [0.717, 1.165) is 38.8 Å². The average Bonchev–Trinajstić information content (AvgIpc) is 3.15. The zero-order valence-electron chi connectivity index (χ0n) is 12.7. The predicted octanol–water partition coefficient (Wildman–Crippen LogP) is 3.54. The third-order valence-corrected chi connectivity index (χ3v) is 4.53. The molecule has 1 N–H and O–H groups in total. The van der Waals surface area contributed by atoms with Crippen LogP contribution in [0.3, 0.4) is 0 Å². The molecule has 0 aliphatic rings. The van der Waals surface area contributed by atoms with Gasteiger partial charge in [0, 0.05) is 29.4 Å². The van der Waals surface area contributed by atoms with E-state index < -0.39 is 0 Å².